The van der Waals surface area contributed by atoms with Gasteiger partial charge in [0, 0.05) is 32.7 Å². The van der Waals surface area contributed by atoms with Crippen LogP contribution in [0.3, 0.4) is 0 Å². The molecule has 1 saturated heterocycles. The normalized spacial score (nSPS) is 14.4. The number of carbonyl (C=O) groups excluding carboxylic acids is 1. The number of amides is 2. The van der Waals surface area contributed by atoms with Crippen LogP contribution in [0.2, 0.25) is 0 Å². The first-order valence-corrected chi connectivity index (χ1v) is 9.21. The van der Waals surface area contributed by atoms with Crippen molar-refractivity contribution >= 4 is 11.7 Å². The second kappa shape index (κ2) is 8.61. The molecule has 0 unspecified atom stereocenters. The van der Waals surface area contributed by atoms with E-state index in [-0.39, 0.29) is 12.1 Å². The molecule has 2 aromatic carbocycles. The zero-order valence-electron chi connectivity index (χ0n) is 15.5. The molecule has 0 bridgehead atoms. The average molecular weight is 353 g/mol. The Bertz CT molecular complexity index is 710. The predicted molar refractivity (Wildman–Crippen MR) is 105 cm³/mol. The zero-order chi connectivity index (χ0) is 18.4. The van der Waals surface area contributed by atoms with Gasteiger partial charge >= 0.3 is 6.03 Å². The molecule has 1 aliphatic rings. The van der Waals surface area contributed by atoms with Crippen molar-refractivity contribution in [2.45, 2.75) is 26.5 Å². The molecule has 0 saturated carbocycles. The summed E-state index contributed by atoms with van der Waals surface area (Å²) < 4.78 is 5.93. The van der Waals surface area contributed by atoms with Crippen LogP contribution in [0.1, 0.15) is 19.4 Å². The molecule has 5 nitrogen and oxygen atoms in total. The van der Waals surface area contributed by atoms with Crippen LogP contribution in [-0.2, 0) is 6.54 Å². The van der Waals surface area contributed by atoms with E-state index in [0.717, 1.165) is 30.1 Å². The van der Waals surface area contributed by atoms with Crippen LogP contribution in [0.4, 0.5) is 10.5 Å². The summed E-state index contributed by atoms with van der Waals surface area (Å²) in [6.45, 7) is 7.64. The van der Waals surface area contributed by atoms with Crippen LogP contribution >= 0.6 is 0 Å². The molecule has 26 heavy (non-hydrogen) atoms. The highest BCUT2D eigenvalue weighted by Crippen LogP contribution is 2.29. The van der Waals surface area contributed by atoms with Gasteiger partial charge in [-0.2, -0.15) is 0 Å². The molecular weight excluding hydrogens is 326 g/mol. The Morgan fingerprint density at radius 1 is 1.00 bits per heavy atom. The van der Waals surface area contributed by atoms with Gasteiger partial charge in [0.25, 0.3) is 0 Å². The largest absolute Gasteiger partial charge is 0.489 e. The number of hydrogen-bond acceptors (Lipinski definition) is 3. The van der Waals surface area contributed by atoms with Gasteiger partial charge in [0.15, 0.2) is 0 Å². The summed E-state index contributed by atoms with van der Waals surface area (Å²) in [5.74, 6) is 0.907. The topological polar surface area (TPSA) is 44.8 Å². The number of para-hydroxylation sites is 2. The maximum Gasteiger partial charge on any atom is 0.317 e. The van der Waals surface area contributed by atoms with Crippen LogP contribution in [0.25, 0.3) is 0 Å². The predicted octanol–water partition coefficient (Wildman–Crippen LogP) is 3.51. The van der Waals surface area contributed by atoms with Gasteiger partial charge in [-0.3, -0.25) is 0 Å². The van der Waals surface area contributed by atoms with Gasteiger partial charge in [0.05, 0.1) is 11.8 Å². The van der Waals surface area contributed by atoms with E-state index in [1.54, 1.807) is 0 Å². The number of anilines is 1. The van der Waals surface area contributed by atoms with Gasteiger partial charge < -0.3 is 19.9 Å². The fourth-order valence-corrected chi connectivity index (χ4v) is 3.11. The number of hydrogen-bond donors (Lipinski definition) is 1. The minimum atomic E-state index is 0.000202. The number of nitrogens with one attached hydrogen (secondary N) is 1. The van der Waals surface area contributed by atoms with Crippen molar-refractivity contribution in [1.82, 2.24) is 10.2 Å². The monoisotopic (exact) mass is 353 g/mol. The molecule has 1 aliphatic heterocycles. The van der Waals surface area contributed by atoms with Crippen molar-refractivity contribution < 1.29 is 9.53 Å². The Kier molecular flexibility index (Phi) is 6.00. The molecule has 1 N–H and O–H groups in total. The maximum absolute atomic E-state index is 12.4. The third kappa shape index (κ3) is 4.69. The quantitative estimate of drug-likeness (QED) is 0.895. The van der Waals surface area contributed by atoms with E-state index < -0.39 is 0 Å². The standard InChI is InChI=1S/C21H27N3O2/c1-17(2)26-20-11-7-6-10-19(20)23-12-14-24(15-13-23)21(25)22-16-18-8-4-3-5-9-18/h3-11,17H,12-16H2,1-2H3,(H,22,25). The first-order valence-electron chi connectivity index (χ1n) is 9.21. The van der Waals surface area contributed by atoms with Crippen LogP contribution in [-0.4, -0.2) is 43.2 Å². The highest BCUT2D eigenvalue weighted by Gasteiger charge is 2.23. The second-order valence-electron chi connectivity index (χ2n) is 6.75. The lowest BCUT2D eigenvalue weighted by Crippen LogP contribution is -2.51. The Morgan fingerprint density at radius 3 is 2.35 bits per heavy atom. The highest BCUT2D eigenvalue weighted by atomic mass is 16.5. The van der Waals surface area contributed by atoms with Crippen molar-refractivity contribution in [3.63, 3.8) is 0 Å². The van der Waals surface area contributed by atoms with Crippen LogP contribution in [0.15, 0.2) is 54.6 Å². The first-order chi connectivity index (χ1) is 12.6. The van der Waals surface area contributed by atoms with E-state index in [0.29, 0.717) is 19.6 Å². The van der Waals surface area contributed by atoms with Crippen LogP contribution < -0.4 is 15.0 Å². The van der Waals surface area contributed by atoms with Crippen molar-refractivity contribution in [2.75, 3.05) is 31.1 Å². The van der Waals surface area contributed by atoms with E-state index in [4.69, 9.17) is 4.74 Å². The highest BCUT2D eigenvalue weighted by molar-refractivity contribution is 5.74. The number of nitrogens with zero attached hydrogens (tertiary/aromatic N) is 2. The smallest absolute Gasteiger partial charge is 0.317 e. The fraction of sp³-hybridized carbons (Fsp3) is 0.381. The van der Waals surface area contributed by atoms with E-state index in [1.807, 2.05) is 67.3 Å². The lowest BCUT2D eigenvalue weighted by molar-refractivity contribution is 0.193. The Balaban J connectivity index is 1.53. The zero-order valence-corrected chi connectivity index (χ0v) is 15.5. The summed E-state index contributed by atoms with van der Waals surface area (Å²) in [5, 5.41) is 3.00. The summed E-state index contributed by atoms with van der Waals surface area (Å²) in [6, 6.07) is 18.1. The summed E-state index contributed by atoms with van der Waals surface area (Å²) >= 11 is 0. The number of ether oxygens (including phenoxy) is 1. The molecule has 1 heterocycles. The molecule has 138 valence electrons. The first kappa shape index (κ1) is 18.1. The number of carbonyl (C=O) groups is 1. The van der Waals surface area contributed by atoms with Gasteiger partial charge in [-0.25, -0.2) is 4.79 Å². The molecule has 0 radical (unpaired) electrons. The summed E-state index contributed by atoms with van der Waals surface area (Å²) in [7, 11) is 0. The van der Waals surface area contributed by atoms with Gasteiger partial charge in [-0.05, 0) is 31.5 Å². The maximum atomic E-state index is 12.4. The average Bonchev–Trinajstić information content (AvgIpc) is 2.67. The van der Waals surface area contributed by atoms with Crippen LogP contribution in [0.5, 0.6) is 5.75 Å². The van der Waals surface area contributed by atoms with E-state index in [2.05, 4.69) is 16.3 Å². The summed E-state index contributed by atoms with van der Waals surface area (Å²) in [5.41, 5.74) is 2.21. The minimum absolute atomic E-state index is 0.000202. The minimum Gasteiger partial charge on any atom is -0.489 e. The molecule has 0 aliphatic carbocycles. The van der Waals surface area contributed by atoms with E-state index >= 15 is 0 Å². The number of rotatable bonds is 5. The van der Waals surface area contributed by atoms with Gasteiger partial charge in [0.1, 0.15) is 5.75 Å². The lowest BCUT2D eigenvalue weighted by Gasteiger charge is -2.36. The molecule has 2 amide bonds. The Labute approximate surface area is 155 Å². The van der Waals surface area contributed by atoms with Crippen molar-refractivity contribution in [3.8, 4) is 5.75 Å². The Morgan fingerprint density at radius 2 is 1.65 bits per heavy atom. The van der Waals surface area contributed by atoms with Crippen molar-refractivity contribution in [3.05, 3.63) is 60.2 Å². The van der Waals surface area contributed by atoms with E-state index in [1.165, 1.54) is 0 Å². The lowest BCUT2D eigenvalue weighted by atomic mass is 10.2. The second-order valence-corrected chi connectivity index (χ2v) is 6.75. The molecule has 0 spiro atoms. The molecule has 0 atom stereocenters. The molecular formula is C21H27N3O2. The molecule has 2 aromatic rings. The number of piperazine rings is 1. The molecule has 0 aromatic heterocycles. The van der Waals surface area contributed by atoms with Gasteiger partial charge in [0.2, 0.25) is 0 Å². The van der Waals surface area contributed by atoms with E-state index in [9.17, 15) is 4.79 Å². The SMILES string of the molecule is CC(C)Oc1ccccc1N1CCN(C(=O)NCc2ccccc2)CC1. The third-order valence-corrected chi connectivity index (χ3v) is 4.42. The van der Waals surface area contributed by atoms with Crippen molar-refractivity contribution in [2.24, 2.45) is 0 Å². The fourth-order valence-electron chi connectivity index (χ4n) is 3.11. The summed E-state index contributed by atoms with van der Waals surface area (Å²) in [4.78, 5) is 16.6. The molecule has 3 rings (SSSR count). The van der Waals surface area contributed by atoms with Crippen LogP contribution in [0, 0.1) is 0 Å². The van der Waals surface area contributed by atoms with Gasteiger partial charge in [-0.15, -0.1) is 0 Å². The molecule has 1 fully saturated rings. The van der Waals surface area contributed by atoms with Gasteiger partial charge in [-0.1, -0.05) is 42.5 Å². The number of urea groups is 1. The summed E-state index contributed by atoms with van der Waals surface area (Å²) in [6.07, 6.45) is 0.140. The third-order valence-electron chi connectivity index (χ3n) is 4.42. The Hall–Kier alpha value is -2.69. The van der Waals surface area contributed by atoms with Crippen molar-refractivity contribution in [1.29, 1.82) is 0 Å². The molecule has 5 heteroatoms. The number of benzene rings is 2.